The fourth-order valence-corrected chi connectivity index (χ4v) is 4.66. The molecule has 0 heterocycles. The predicted octanol–water partition coefficient (Wildman–Crippen LogP) is 3.69. The SMILES string of the molecule is CC(C)NC(=O)[C@H](C)N(Cc1ccc(F)cc1)C(=O)CN(c1cccc2ccccc12)S(C)(=O)=O. The summed E-state index contributed by atoms with van der Waals surface area (Å²) in [5.41, 5.74) is 0.986. The topological polar surface area (TPSA) is 86.8 Å². The third kappa shape index (κ3) is 6.57. The Morgan fingerprint density at radius 2 is 1.57 bits per heavy atom. The Labute approximate surface area is 205 Å². The molecule has 0 aliphatic heterocycles. The van der Waals surface area contributed by atoms with Gasteiger partial charge in [-0.15, -0.1) is 0 Å². The van der Waals surface area contributed by atoms with E-state index in [2.05, 4.69) is 5.32 Å². The van der Waals surface area contributed by atoms with Gasteiger partial charge in [-0.2, -0.15) is 0 Å². The first-order valence-electron chi connectivity index (χ1n) is 11.3. The minimum Gasteiger partial charge on any atom is -0.352 e. The van der Waals surface area contributed by atoms with Crippen molar-refractivity contribution in [2.45, 2.75) is 39.4 Å². The zero-order valence-electron chi connectivity index (χ0n) is 20.2. The Bertz CT molecular complexity index is 1300. The van der Waals surface area contributed by atoms with E-state index in [1.165, 1.54) is 29.2 Å². The van der Waals surface area contributed by atoms with Crippen LogP contribution in [0.4, 0.5) is 10.1 Å². The van der Waals surface area contributed by atoms with Crippen molar-refractivity contribution in [3.63, 3.8) is 0 Å². The number of hydrogen-bond acceptors (Lipinski definition) is 4. The largest absolute Gasteiger partial charge is 0.352 e. The molecular weight excluding hydrogens is 469 g/mol. The molecule has 0 saturated carbocycles. The number of halogens is 1. The van der Waals surface area contributed by atoms with Crippen molar-refractivity contribution in [1.82, 2.24) is 10.2 Å². The predicted molar refractivity (Wildman–Crippen MR) is 136 cm³/mol. The van der Waals surface area contributed by atoms with Gasteiger partial charge in [-0.05, 0) is 49.9 Å². The molecular formula is C26H30FN3O4S. The van der Waals surface area contributed by atoms with Gasteiger partial charge in [0.1, 0.15) is 18.4 Å². The summed E-state index contributed by atoms with van der Waals surface area (Å²) in [5.74, 6) is -1.35. The van der Waals surface area contributed by atoms with Gasteiger partial charge in [0.2, 0.25) is 21.8 Å². The summed E-state index contributed by atoms with van der Waals surface area (Å²) >= 11 is 0. The molecule has 0 aliphatic carbocycles. The zero-order valence-corrected chi connectivity index (χ0v) is 21.0. The first-order chi connectivity index (χ1) is 16.5. The van der Waals surface area contributed by atoms with Gasteiger partial charge in [0, 0.05) is 18.0 Å². The van der Waals surface area contributed by atoms with Crippen LogP contribution in [0.1, 0.15) is 26.3 Å². The Morgan fingerprint density at radius 3 is 2.20 bits per heavy atom. The average Bonchev–Trinajstić information content (AvgIpc) is 2.80. The van der Waals surface area contributed by atoms with Gasteiger partial charge in [-0.3, -0.25) is 13.9 Å². The quantitative estimate of drug-likeness (QED) is 0.487. The Morgan fingerprint density at radius 1 is 0.943 bits per heavy atom. The van der Waals surface area contributed by atoms with Gasteiger partial charge in [0.05, 0.1) is 11.9 Å². The highest BCUT2D eigenvalue weighted by Crippen LogP contribution is 2.28. The van der Waals surface area contributed by atoms with Crippen molar-refractivity contribution in [2.75, 3.05) is 17.1 Å². The average molecular weight is 500 g/mol. The minimum atomic E-state index is -3.85. The van der Waals surface area contributed by atoms with Crippen LogP contribution in [0.5, 0.6) is 0 Å². The van der Waals surface area contributed by atoms with Crippen LogP contribution in [0, 0.1) is 5.82 Å². The molecule has 0 unspecified atom stereocenters. The molecule has 9 heteroatoms. The third-order valence-electron chi connectivity index (χ3n) is 5.58. The maximum atomic E-state index is 13.6. The molecule has 0 aromatic heterocycles. The number of anilines is 1. The fraction of sp³-hybridized carbons (Fsp3) is 0.308. The lowest BCUT2D eigenvalue weighted by molar-refractivity contribution is -0.139. The van der Waals surface area contributed by atoms with E-state index >= 15 is 0 Å². The molecule has 3 aromatic rings. The molecule has 2 amide bonds. The first-order valence-corrected chi connectivity index (χ1v) is 13.1. The second-order valence-electron chi connectivity index (χ2n) is 8.76. The number of sulfonamides is 1. The smallest absolute Gasteiger partial charge is 0.244 e. The molecule has 0 saturated heterocycles. The lowest BCUT2D eigenvalue weighted by Crippen LogP contribution is -2.52. The fourth-order valence-electron chi connectivity index (χ4n) is 3.79. The molecule has 0 radical (unpaired) electrons. The summed E-state index contributed by atoms with van der Waals surface area (Å²) in [5, 5.41) is 4.30. The number of carbonyl (C=O) groups excluding carboxylic acids is 2. The molecule has 7 nitrogen and oxygen atoms in total. The van der Waals surface area contributed by atoms with Gasteiger partial charge in [-0.25, -0.2) is 12.8 Å². The molecule has 186 valence electrons. The van der Waals surface area contributed by atoms with Crippen LogP contribution in [-0.4, -0.2) is 50.0 Å². The second kappa shape index (κ2) is 10.9. The van der Waals surface area contributed by atoms with E-state index < -0.39 is 34.3 Å². The molecule has 1 N–H and O–H groups in total. The van der Waals surface area contributed by atoms with Gasteiger partial charge in [0.15, 0.2) is 0 Å². The number of nitrogens with one attached hydrogen (secondary N) is 1. The monoisotopic (exact) mass is 499 g/mol. The summed E-state index contributed by atoms with van der Waals surface area (Å²) in [6.45, 7) is 4.72. The van der Waals surface area contributed by atoms with Crippen molar-refractivity contribution in [2.24, 2.45) is 0 Å². The highest BCUT2D eigenvalue weighted by atomic mass is 32.2. The number of benzene rings is 3. The molecule has 0 aliphatic rings. The van der Waals surface area contributed by atoms with Crippen molar-refractivity contribution >= 4 is 38.3 Å². The van der Waals surface area contributed by atoms with Crippen molar-refractivity contribution in [3.05, 3.63) is 78.1 Å². The number of amides is 2. The minimum absolute atomic E-state index is 0.0128. The third-order valence-corrected chi connectivity index (χ3v) is 6.71. The highest BCUT2D eigenvalue weighted by Gasteiger charge is 2.30. The maximum Gasteiger partial charge on any atom is 0.244 e. The van der Waals surface area contributed by atoms with Crippen LogP contribution in [0.15, 0.2) is 66.7 Å². The molecule has 3 rings (SSSR count). The molecule has 0 spiro atoms. The number of carbonyl (C=O) groups is 2. The summed E-state index contributed by atoms with van der Waals surface area (Å²) < 4.78 is 40.1. The van der Waals surface area contributed by atoms with Crippen LogP contribution >= 0.6 is 0 Å². The van der Waals surface area contributed by atoms with E-state index in [1.54, 1.807) is 31.2 Å². The van der Waals surface area contributed by atoms with Crippen molar-refractivity contribution in [1.29, 1.82) is 0 Å². The lowest BCUT2D eigenvalue weighted by atomic mass is 10.1. The summed E-state index contributed by atoms with van der Waals surface area (Å²) in [7, 11) is -3.85. The Hall–Kier alpha value is -3.46. The van der Waals surface area contributed by atoms with Crippen LogP contribution in [0.25, 0.3) is 10.8 Å². The van der Waals surface area contributed by atoms with E-state index in [9.17, 15) is 22.4 Å². The highest BCUT2D eigenvalue weighted by molar-refractivity contribution is 7.92. The van der Waals surface area contributed by atoms with Gasteiger partial charge < -0.3 is 10.2 Å². The number of hydrogen-bond donors (Lipinski definition) is 1. The first kappa shape index (κ1) is 26.2. The Balaban J connectivity index is 1.99. The number of rotatable bonds is 9. The Kier molecular flexibility index (Phi) is 8.11. The standard InChI is InChI=1S/C26H30FN3O4S/c1-18(2)28-26(32)19(3)29(16-20-12-14-22(27)15-13-20)25(31)17-30(35(4,33)34)24-11-7-9-21-8-5-6-10-23(21)24/h5-15,18-19H,16-17H2,1-4H3,(H,28,32)/t19-/m0/s1. The van der Waals surface area contributed by atoms with Gasteiger partial charge in [0.25, 0.3) is 0 Å². The zero-order chi connectivity index (χ0) is 25.8. The van der Waals surface area contributed by atoms with Gasteiger partial charge in [-0.1, -0.05) is 48.5 Å². The van der Waals surface area contributed by atoms with E-state index in [1.807, 2.05) is 32.0 Å². The van der Waals surface area contributed by atoms with E-state index in [0.717, 1.165) is 15.9 Å². The van der Waals surface area contributed by atoms with Gasteiger partial charge >= 0.3 is 0 Å². The molecule has 1 atom stereocenters. The van der Waals surface area contributed by atoms with Crippen molar-refractivity contribution < 1.29 is 22.4 Å². The van der Waals surface area contributed by atoms with Crippen molar-refractivity contribution in [3.8, 4) is 0 Å². The molecule has 35 heavy (non-hydrogen) atoms. The second-order valence-corrected chi connectivity index (χ2v) is 10.7. The van der Waals surface area contributed by atoms with E-state index in [4.69, 9.17) is 0 Å². The molecule has 0 bridgehead atoms. The van der Waals surface area contributed by atoms with Crippen LogP contribution < -0.4 is 9.62 Å². The van der Waals surface area contributed by atoms with Crippen LogP contribution in [0.3, 0.4) is 0 Å². The number of fused-ring (bicyclic) bond motifs is 1. The van der Waals surface area contributed by atoms with Crippen LogP contribution in [-0.2, 0) is 26.2 Å². The van der Waals surface area contributed by atoms with E-state index in [-0.39, 0.29) is 18.5 Å². The summed E-state index contributed by atoms with van der Waals surface area (Å²) in [4.78, 5) is 27.7. The normalized spacial score (nSPS) is 12.4. The molecule has 0 fully saturated rings. The number of nitrogens with zero attached hydrogens (tertiary/aromatic N) is 2. The summed E-state index contributed by atoms with van der Waals surface area (Å²) in [6.07, 6.45) is 1.04. The lowest BCUT2D eigenvalue weighted by Gasteiger charge is -2.32. The molecule has 3 aromatic carbocycles. The maximum absolute atomic E-state index is 13.6. The van der Waals surface area contributed by atoms with E-state index in [0.29, 0.717) is 16.6 Å². The summed E-state index contributed by atoms with van der Waals surface area (Å²) in [6, 6.07) is 17.1. The van der Waals surface area contributed by atoms with Crippen LogP contribution in [0.2, 0.25) is 0 Å².